The van der Waals surface area contributed by atoms with Gasteiger partial charge in [0.2, 0.25) is 0 Å². The van der Waals surface area contributed by atoms with E-state index in [9.17, 15) is 0 Å². The molecule has 0 aliphatic heterocycles. The summed E-state index contributed by atoms with van der Waals surface area (Å²) < 4.78 is 0. The molecule has 0 aromatic carbocycles. The summed E-state index contributed by atoms with van der Waals surface area (Å²) in [5, 5.41) is 3.45. The van der Waals surface area contributed by atoms with Gasteiger partial charge in [-0.2, -0.15) is 0 Å². The van der Waals surface area contributed by atoms with E-state index in [1.807, 2.05) is 13.0 Å². The third kappa shape index (κ3) is 4.75. The van der Waals surface area contributed by atoms with Gasteiger partial charge in [-0.15, -0.1) is 0 Å². The van der Waals surface area contributed by atoms with Gasteiger partial charge >= 0.3 is 0 Å². The van der Waals surface area contributed by atoms with Crippen molar-refractivity contribution in [2.75, 3.05) is 20.1 Å². The predicted molar refractivity (Wildman–Crippen MR) is 77.6 cm³/mol. The first-order chi connectivity index (χ1) is 8.54. The fourth-order valence-corrected chi connectivity index (χ4v) is 2.25. The van der Waals surface area contributed by atoms with Crippen LogP contribution in [-0.4, -0.2) is 36.1 Å². The van der Waals surface area contributed by atoms with Crippen LogP contribution in [0.4, 0.5) is 0 Å². The molecule has 1 aromatic heterocycles. The van der Waals surface area contributed by atoms with Crippen LogP contribution in [0, 0.1) is 12.8 Å². The maximum absolute atomic E-state index is 4.57. The van der Waals surface area contributed by atoms with Crippen LogP contribution < -0.4 is 5.32 Å². The standard InChI is InChI=1S/C15H27N3/c1-6-16-10-15(12(2)3)18(5)11-14-9-7-8-13(4)17-14/h7-9,12,15-16H,6,10-11H2,1-5H3. The molecule has 3 nitrogen and oxygen atoms in total. The van der Waals surface area contributed by atoms with Crippen LogP contribution in [0.3, 0.4) is 0 Å². The molecule has 0 fully saturated rings. The molecular weight excluding hydrogens is 222 g/mol. The van der Waals surface area contributed by atoms with Crippen molar-refractivity contribution in [1.82, 2.24) is 15.2 Å². The van der Waals surface area contributed by atoms with Crippen LogP contribution >= 0.6 is 0 Å². The lowest BCUT2D eigenvalue weighted by molar-refractivity contribution is 0.178. The van der Waals surface area contributed by atoms with E-state index in [4.69, 9.17) is 0 Å². The van der Waals surface area contributed by atoms with Crippen molar-refractivity contribution in [1.29, 1.82) is 0 Å². The van der Waals surface area contributed by atoms with E-state index in [0.717, 1.165) is 31.0 Å². The van der Waals surface area contributed by atoms with E-state index < -0.39 is 0 Å². The highest BCUT2D eigenvalue weighted by Crippen LogP contribution is 2.11. The Morgan fingerprint density at radius 1 is 1.33 bits per heavy atom. The van der Waals surface area contributed by atoms with Crippen LogP contribution in [0.2, 0.25) is 0 Å². The molecule has 0 amide bonds. The lowest BCUT2D eigenvalue weighted by Gasteiger charge is -2.31. The summed E-state index contributed by atoms with van der Waals surface area (Å²) in [6.45, 7) is 11.7. The van der Waals surface area contributed by atoms with Gasteiger partial charge in [0.25, 0.3) is 0 Å². The van der Waals surface area contributed by atoms with E-state index >= 15 is 0 Å². The van der Waals surface area contributed by atoms with Crippen LogP contribution in [0.15, 0.2) is 18.2 Å². The molecule has 102 valence electrons. The molecule has 0 radical (unpaired) electrons. The molecule has 0 spiro atoms. The normalized spacial score (nSPS) is 13.3. The SMILES string of the molecule is CCNCC(C(C)C)N(C)Cc1cccc(C)n1. The second-order valence-electron chi connectivity index (χ2n) is 5.30. The summed E-state index contributed by atoms with van der Waals surface area (Å²) in [6, 6.07) is 6.78. The minimum absolute atomic E-state index is 0.548. The molecule has 3 heteroatoms. The van der Waals surface area contributed by atoms with Crippen molar-refractivity contribution in [3.05, 3.63) is 29.6 Å². The first-order valence-corrected chi connectivity index (χ1v) is 6.88. The van der Waals surface area contributed by atoms with Gasteiger partial charge < -0.3 is 5.32 Å². The van der Waals surface area contributed by atoms with Crippen molar-refractivity contribution in [2.24, 2.45) is 5.92 Å². The topological polar surface area (TPSA) is 28.2 Å². The second-order valence-corrected chi connectivity index (χ2v) is 5.30. The van der Waals surface area contributed by atoms with Gasteiger partial charge in [-0.05, 0) is 38.6 Å². The predicted octanol–water partition coefficient (Wildman–Crippen LogP) is 2.46. The number of nitrogens with zero attached hydrogens (tertiary/aromatic N) is 2. The third-order valence-corrected chi connectivity index (χ3v) is 3.30. The van der Waals surface area contributed by atoms with Crippen LogP contribution in [0.5, 0.6) is 0 Å². The highest BCUT2D eigenvalue weighted by Gasteiger charge is 2.18. The first kappa shape index (κ1) is 15.1. The van der Waals surface area contributed by atoms with Gasteiger partial charge in [0, 0.05) is 24.8 Å². The highest BCUT2D eigenvalue weighted by atomic mass is 15.2. The molecule has 1 N–H and O–H groups in total. The monoisotopic (exact) mass is 249 g/mol. The molecule has 0 saturated carbocycles. The Morgan fingerprint density at radius 2 is 2.06 bits per heavy atom. The number of hydrogen-bond donors (Lipinski definition) is 1. The summed E-state index contributed by atoms with van der Waals surface area (Å²) in [7, 11) is 2.19. The van der Waals surface area contributed by atoms with Gasteiger partial charge in [-0.3, -0.25) is 9.88 Å². The zero-order valence-electron chi connectivity index (χ0n) is 12.4. The van der Waals surface area contributed by atoms with Crippen molar-refractivity contribution >= 4 is 0 Å². The first-order valence-electron chi connectivity index (χ1n) is 6.88. The Bertz CT molecular complexity index is 349. The number of rotatable bonds is 7. The fraction of sp³-hybridized carbons (Fsp3) is 0.667. The molecule has 0 saturated heterocycles. The summed E-state index contributed by atoms with van der Waals surface area (Å²) in [5.41, 5.74) is 2.24. The zero-order valence-corrected chi connectivity index (χ0v) is 12.4. The largest absolute Gasteiger partial charge is 0.315 e. The van der Waals surface area contributed by atoms with E-state index in [-0.39, 0.29) is 0 Å². The van der Waals surface area contributed by atoms with E-state index in [1.165, 1.54) is 0 Å². The highest BCUT2D eigenvalue weighted by molar-refractivity contribution is 5.09. The Kier molecular flexibility index (Phi) is 6.30. The van der Waals surface area contributed by atoms with E-state index in [1.54, 1.807) is 0 Å². The lowest BCUT2D eigenvalue weighted by Crippen LogP contribution is -2.43. The molecule has 1 unspecified atom stereocenters. The third-order valence-electron chi connectivity index (χ3n) is 3.30. The molecule has 1 heterocycles. The molecule has 18 heavy (non-hydrogen) atoms. The molecule has 0 aliphatic rings. The Balaban J connectivity index is 2.63. The molecular formula is C15H27N3. The van der Waals surface area contributed by atoms with Crippen LogP contribution in [0.1, 0.15) is 32.2 Å². The Morgan fingerprint density at radius 3 is 2.61 bits per heavy atom. The summed E-state index contributed by atoms with van der Waals surface area (Å²) in [4.78, 5) is 6.97. The fourth-order valence-electron chi connectivity index (χ4n) is 2.25. The van der Waals surface area contributed by atoms with Gasteiger partial charge in [-0.1, -0.05) is 26.8 Å². The molecule has 1 aromatic rings. The number of nitrogens with one attached hydrogen (secondary N) is 1. The van der Waals surface area contributed by atoms with Crippen molar-refractivity contribution in [2.45, 2.75) is 40.3 Å². The molecule has 0 bridgehead atoms. The molecule has 1 rings (SSSR count). The number of hydrogen-bond acceptors (Lipinski definition) is 3. The van der Waals surface area contributed by atoms with Crippen molar-refractivity contribution < 1.29 is 0 Å². The summed E-state index contributed by atoms with van der Waals surface area (Å²) in [6.07, 6.45) is 0. The Hall–Kier alpha value is -0.930. The van der Waals surface area contributed by atoms with Gasteiger partial charge in [0.15, 0.2) is 0 Å². The molecule has 0 aliphatic carbocycles. The van der Waals surface area contributed by atoms with Crippen LogP contribution in [0.25, 0.3) is 0 Å². The Labute approximate surface area is 112 Å². The van der Waals surface area contributed by atoms with Gasteiger partial charge in [0.05, 0.1) is 5.69 Å². The molecule has 1 atom stereocenters. The summed E-state index contributed by atoms with van der Waals surface area (Å²) in [5.74, 6) is 0.638. The number of likely N-dealkylation sites (N-methyl/N-ethyl adjacent to an activating group) is 2. The maximum atomic E-state index is 4.57. The number of pyridine rings is 1. The average molecular weight is 249 g/mol. The minimum Gasteiger partial charge on any atom is -0.315 e. The van der Waals surface area contributed by atoms with E-state index in [0.29, 0.717) is 12.0 Å². The number of aryl methyl sites for hydroxylation is 1. The van der Waals surface area contributed by atoms with Gasteiger partial charge in [-0.25, -0.2) is 0 Å². The lowest BCUT2D eigenvalue weighted by atomic mass is 10.0. The zero-order chi connectivity index (χ0) is 13.5. The van der Waals surface area contributed by atoms with Crippen molar-refractivity contribution in [3.8, 4) is 0 Å². The summed E-state index contributed by atoms with van der Waals surface area (Å²) >= 11 is 0. The van der Waals surface area contributed by atoms with Gasteiger partial charge in [0.1, 0.15) is 0 Å². The van der Waals surface area contributed by atoms with E-state index in [2.05, 4.69) is 55.2 Å². The quantitative estimate of drug-likeness (QED) is 0.804. The van der Waals surface area contributed by atoms with Crippen molar-refractivity contribution in [3.63, 3.8) is 0 Å². The maximum Gasteiger partial charge on any atom is 0.0547 e. The second kappa shape index (κ2) is 7.49. The average Bonchev–Trinajstić information content (AvgIpc) is 2.29. The number of aromatic nitrogens is 1. The smallest absolute Gasteiger partial charge is 0.0547 e. The minimum atomic E-state index is 0.548. The van der Waals surface area contributed by atoms with Crippen LogP contribution in [-0.2, 0) is 6.54 Å².